The molecule has 7 nitrogen and oxygen atoms in total. The molecule has 0 saturated carbocycles. The topological polar surface area (TPSA) is 82.5 Å². The molecule has 0 bridgehead atoms. The number of carbonyl (C=O) groups is 1. The van der Waals surface area contributed by atoms with Crippen molar-refractivity contribution < 1.29 is 14.3 Å². The van der Waals surface area contributed by atoms with E-state index in [1.807, 2.05) is 66.7 Å². The maximum absolute atomic E-state index is 12.5. The van der Waals surface area contributed by atoms with Gasteiger partial charge in [-0.3, -0.25) is 14.2 Å². The number of methoxy groups -OCH3 is 1. The van der Waals surface area contributed by atoms with E-state index >= 15 is 0 Å². The first-order valence-electron chi connectivity index (χ1n) is 10.8. The predicted molar refractivity (Wildman–Crippen MR) is 130 cm³/mol. The molecule has 0 fully saturated rings. The van der Waals surface area contributed by atoms with Crippen LogP contribution in [0.3, 0.4) is 0 Å². The average molecular weight is 456 g/mol. The van der Waals surface area contributed by atoms with E-state index in [2.05, 4.69) is 10.3 Å². The van der Waals surface area contributed by atoms with Crippen LogP contribution in [0.25, 0.3) is 11.3 Å². The Balaban J connectivity index is 1.28. The van der Waals surface area contributed by atoms with Crippen molar-refractivity contribution in [3.05, 3.63) is 113 Å². The van der Waals surface area contributed by atoms with Gasteiger partial charge in [0.1, 0.15) is 24.7 Å². The minimum Gasteiger partial charge on any atom is -0.497 e. The van der Waals surface area contributed by atoms with E-state index < -0.39 is 0 Å². The first kappa shape index (κ1) is 22.8. The monoisotopic (exact) mass is 455 g/mol. The second kappa shape index (κ2) is 11.0. The molecule has 1 amide bonds. The standard InChI is InChI=1S/C27H25N3O4/c1-33-23-13-9-22(10-14-23)25-15-27(32)30(19-29-25)17-26(31)28-16-20-7-11-24(12-8-20)34-18-21-5-3-2-4-6-21/h2-15,19H,16-18H2,1H3,(H,28,31). The Kier molecular flexibility index (Phi) is 7.35. The fourth-order valence-corrected chi connectivity index (χ4v) is 3.32. The van der Waals surface area contributed by atoms with Crippen molar-refractivity contribution in [3.8, 4) is 22.8 Å². The maximum atomic E-state index is 12.5. The zero-order valence-corrected chi connectivity index (χ0v) is 18.8. The van der Waals surface area contributed by atoms with Crippen LogP contribution in [0.2, 0.25) is 0 Å². The van der Waals surface area contributed by atoms with E-state index in [0.717, 1.165) is 28.2 Å². The number of ether oxygens (including phenoxy) is 2. The van der Waals surface area contributed by atoms with Crippen LogP contribution >= 0.6 is 0 Å². The Morgan fingerprint density at radius 3 is 2.29 bits per heavy atom. The van der Waals surface area contributed by atoms with Crippen LogP contribution in [-0.4, -0.2) is 22.6 Å². The van der Waals surface area contributed by atoms with Crippen molar-refractivity contribution >= 4 is 5.91 Å². The van der Waals surface area contributed by atoms with E-state index in [-0.39, 0.29) is 18.0 Å². The Morgan fingerprint density at radius 1 is 0.912 bits per heavy atom. The van der Waals surface area contributed by atoms with Gasteiger partial charge in [-0.2, -0.15) is 0 Å². The molecule has 0 aliphatic heterocycles. The van der Waals surface area contributed by atoms with Gasteiger partial charge >= 0.3 is 0 Å². The van der Waals surface area contributed by atoms with E-state index in [4.69, 9.17) is 9.47 Å². The van der Waals surface area contributed by atoms with Crippen molar-refractivity contribution in [1.82, 2.24) is 14.9 Å². The molecule has 1 heterocycles. The average Bonchev–Trinajstić information content (AvgIpc) is 2.89. The summed E-state index contributed by atoms with van der Waals surface area (Å²) >= 11 is 0. The Labute approximate surface area is 197 Å². The summed E-state index contributed by atoms with van der Waals surface area (Å²) in [5, 5.41) is 2.83. The summed E-state index contributed by atoms with van der Waals surface area (Å²) in [4.78, 5) is 29.1. The van der Waals surface area contributed by atoms with Crippen LogP contribution < -0.4 is 20.3 Å². The molecule has 0 saturated heterocycles. The summed E-state index contributed by atoms with van der Waals surface area (Å²) in [5.74, 6) is 1.21. The molecule has 7 heteroatoms. The third-order valence-electron chi connectivity index (χ3n) is 5.24. The third kappa shape index (κ3) is 6.10. The van der Waals surface area contributed by atoms with Crippen LogP contribution in [0.4, 0.5) is 0 Å². The summed E-state index contributed by atoms with van der Waals surface area (Å²) in [6, 6.07) is 26.2. The van der Waals surface area contributed by atoms with Crippen LogP contribution in [0.15, 0.2) is 96.1 Å². The first-order valence-corrected chi connectivity index (χ1v) is 10.8. The minimum absolute atomic E-state index is 0.104. The van der Waals surface area contributed by atoms with Crippen molar-refractivity contribution in [2.45, 2.75) is 19.7 Å². The van der Waals surface area contributed by atoms with Crippen LogP contribution in [0, 0.1) is 0 Å². The van der Waals surface area contributed by atoms with E-state index in [9.17, 15) is 9.59 Å². The van der Waals surface area contributed by atoms with Crippen molar-refractivity contribution in [2.24, 2.45) is 0 Å². The minimum atomic E-state index is -0.295. The second-order valence-corrected chi connectivity index (χ2v) is 7.66. The van der Waals surface area contributed by atoms with E-state index in [0.29, 0.717) is 18.8 Å². The molecule has 3 aromatic carbocycles. The van der Waals surface area contributed by atoms with Gasteiger partial charge in [0.2, 0.25) is 5.91 Å². The van der Waals surface area contributed by atoms with Gasteiger partial charge in [0.25, 0.3) is 5.56 Å². The van der Waals surface area contributed by atoms with Crippen LogP contribution in [-0.2, 0) is 24.5 Å². The zero-order chi connectivity index (χ0) is 23.8. The summed E-state index contributed by atoms with van der Waals surface area (Å²) in [6.07, 6.45) is 1.39. The van der Waals surface area contributed by atoms with Crippen molar-refractivity contribution in [1.29, 1.82) is 0 Å². The Bertz CT molecular complexity index is 1280. The highest BCUT2D eigenvalue weighted by atomic mass is 16.5. The summed E-state index contributed by atoms with van der Waals surface area (Å²) in [7, 11) is 1.59. The summed E-state index contributed by atoms with van der Waals surface area (Å²) < 4.78 is 12.2. The van der Waals surface area contributed by atoms with Crippen molar-refractivity contribution in [3.63, 3.8) is 0 Å². The lowest BCUT2D eigenvalue weighted by atomic mass is 10.1. The van der Waals surface area contributed by atoms with Crippen LogP contribution in [0.5, 0.6) is 11.5 Å². The molecule has 4 aromatic rings. The van der Waals surface area contributed by atoms with Crippen LogP contribution in [0.1, 0.15) is 11.1 Å². The fourth-order valence-electron chi connectivity index (χ4n) is 3.32. The van der Waals surface area contributed by atoms with E-state index in [1.165, 1.54) is 17.0 Å². The number of hydrogen-bond donors (Lipinski definition) is 1. The molecular weight excluding hydrogens is 430 g/mol. The van der Waals surface area contributed by atoms with Gasteiger partial charge in [-0.1, -0.05) is 42.5 Å². The van der Waals surface area contributed by atoms with Crippen molar-refractivity contribution in [2.75, 3.05) is 7.11 Å². The second-order valence-electron chi connectivity index (χ2n) is 7.66. The number of nitrogens with zero attached hydrogens (tertiary/aromatic N) is 2. The molecule has 172 valence electrons. The molecule has 0 atom stereocenters. The molecule has 34 heavy (non-hydrogen) atoms. The molecule has 1 aromatic heterocycles. The lowest BCUT2D eigenvalue weighted by molar-refractivity contribution is -0.121. The molecule has 0 aliphatic rings. The van der Waals surface area contributed by atoms with E-state index in [1.54, 1.807) is 19.2 Å². The van der Waals surface area contributed by atoms with Gasteiger partial charge < -0.3 is 14.8 Å². The lowest BCUT2D eigenvalue weighted by Crippen LogP contribution is -2.31. The Morgan fingerprint density at radius 2 is 1.62 bits per heavy atom. The van der Waals surface area contributed by atoms with Gasteiger partial charge in [-0.15, -0.1) is 0 Å². The number of nitrogens with one attached hydrogen (secondary N) is 1. The Hall–Kier alpha value is -4.39. The zero-order valence-electron chi connectivity index (χ0n) is 18.8. The number of hydrogen-bond acceptors (Lipinski definition) is 5. The molecular formula is C27H25N3O4. The van der Waals surface area contributed by atoms with Gasteiger partial charge in [-0.05, 0) is 47.5 Å². The normalized spacial score (nSPS) is 10.5. The summed E-state index contributed by atoms with van der Waals surface area (Å²) in [5.41, 5.74) is 3.07. The van der Waals surface area contributed by atoms with Gasteiger partial charge in [-0.25, -0.2) is 4.98 Å². The number of aromatic nitrogens is 2. The smallest absolute Gasteiger partial charge is 0.254 e. The third-order valence-corrected chi connectivity index (χ3v) is 5.24. The number of benzene rings is 3. The molecule has 0 radical (unpaired) electrons. The molecule has 0 aliphatic carbocycles. The predicted octanol–water partition coefficient (Wildman–Crippen LogP) is 3.81. The molecule has 0 spiro atoms. The fraction of sp³-hybridized carbons (Fsp3) is 0.148. The van der Waals surface area contributed by atoms with Gasteiger partial charge in [0, 0.05) is 18.2 Å². The highest BCUT2D eigenvalue weighted by Gasteiger charge is 2.08. The number of carbonyl (C=O) groups excluding carboxylic acids is 1. The first-order chi connectivity index (χ1) is 16.6. The number of amides is 1. The largest absolute Gasteiger partial charge is 0.497 e. The maximum Gasteiger partial charge on any atom is 0.254 e. The molecule has 0 unspecified atom stereocenters. The molecule has 4 rings (SSSR count). The number of rotatable bonds is 9. The van der Waals surface area contributed by atoms with Gasteiger partial charge in [0.05, 0.1) is 19.1 Å². The summed E-state index contributed by atoms with van der Waals surface area (Å²) in [6.45, 7) is 0.744. The van der Waals surface area contributed by atoms with Gasteiger partial charge in [0.15, 0.2) is 0 Å². The highest BCUT2D eigenvalue weighted by Crippen LogP contribution is 2.19. The molecule has 1 N–H and O–H groups in total. The SMILES string of the molecule is COc1ccc(-c2cc(=O)n(CC(=O)NCc3ccc(OCc4ccccc4)cc3)cn2)cc1. The lowest BCUT2D eigenvalue weighted by Gasteiger charge is -2.10. The quantitative estimate of drug-likeness (QED) is 0.415. The highest BCUT2D eigenvalue weighted by molar-refractivity contribution is 5.75.